The molecule has 2 heterocycles. The predicted octanol–water partition coefficient (Wildman–Crippen LogP) is 3.00. The van der Waals surface area contributed by atoms with Gasteiger partial charge in [-0.3, -0.25) is 9.59 Å². The molecule has 2 amide bonds. The van der Waals surface area contributed by atoms with Gasteiger partial charge in [0.15, 0.2) is 0 Å². The van der Waals surface area contributed by atoms with Crippen LogP contribution in [0.15, 0.2) is 28.8 Å². The third-order valence-electron chi connectivity index (χ3n) is 5.05. The van der Waals surface area contributed by atoms with Crippen LogP contribution in [0.5, 0.6) is 5.75 Å². The van der Waals surface area contributed by atoms with Gasteiger partial charge in [-0.2, -0.15) is 0 Å². The number of morpholine rings is 1. The standard InChI is InChI=1S/C22H28ClN3O5/c1-14(2)8-16-10-19(31-25-16)21(28)26-6-7-30-22(12-26,11-20(24)27)13-29-17-4-5-18(23)15(3)9-17/h4-5,9-10,14H,6-8,11-13H2,1-3H3,(H2,24,27)/t22-/m0/s1. The highest BCUT2D eigenvalue weighted by Gasteiger charge is 2.41. The summed E-state index contributed by atoms with van der Waals surface area (Å²) in [4.78, 5) is 26.4. The zero-order valence-corrected chi connectivity index (χ0v) is 18.8. The summed E-state index contributed by atoms with van der Waals surface area (Å²) in [5.41, 5.74) is 6.02. The SMILES string of the molecule is Cc1cc(OC[C@]2(CC(N)=O)CN(C(=O)c3cc(CC(C)C)no3)CCO2)ccc1Cl. The first-order valence-electron chi connectivity index (χ1n) is 10.2. The highest BCUT2D eigenvalue weighted by atomic mass is 35.5. The third kappa shape index (κ3) is 5.98. The summed E-state index contributed by atoms with van der Waals surface area (Å²) >= 11 is 6.07. The Morgan fingerprint density at radius 1 is 1.35 bits per heavy atom. The quantitative estimate of drug-likeness (QED) is 0.663. The van der Waals surface area contributed by atoms with E-state index in [9.17, 15) is 9.59 Å². The molecule has 8 nitrogen and oxygen atoms in total. The summed E-state index contributed by atoms with van der Waals surface area (Å²) < 4.78 is 17.1. The molecule has 0 bridgehead atoms. The Morgan fingerprint density at radius 3 is 2.81 bits per heavy atom. The van der Waals surface area contributed by atoms with E-state index < -0.39 is 11.5 Å². The van der Waals surface area contributed by atoms with Crippen LogP contribution in [-0.2, 0) is 16.0 Å². The van der Waals surface area contributed by atoms with Gasteiger partial charge in [-0.05, 0) is 43.0 Å². The summed E-state index contributed by atoms with van der Waals surface area (Å²) in [6, 6.07) is 6.95. The maximum atomic E-state index is 13.0. The van der Waals surface area contributed by atoms with Crippen LogP contribution in [0.4, 0.5) is 0 Å². The number of carbonyl (C=O) groups is 2. The molecule has 0 spiro atoms. The number of nitrogens with zero attached hydrogens (tertiary/aromatic N) is 2. The Kier molecular flexibility index (Phi) is 7.23. The van der Waals surface area contributed by atoms with Gasteiger partial charge in [0.1, 0.15) is 18.0 Å². The number of aromatic nitrogens is 1. The molecule has 0 saturated carbocycles. The molecule has 0 radical (unpaired) electrons. The first kappa shape index (κ1) is 23.1. The van der Waals surface area contributed by atoms with Crippen molar-refractivity contribution in [1.29, 1.82) is 0 Å². The van der Waals surface area contributed by atoms with Crippen LogP contribution in [0.2, 0.25) is 5.02 Å². The fourth-order valence-electron chi connectivity index (χ4n) is 3.59. The van der Waals surface area contributed by atoms with E-state index in [1.165, 1.54) is 0 Å². The van der Waals surface area contributed by atoms with Crippen molar-refractivity contribution in [3.63, 3.8) is 0 Å². The number of nitrogens with two attached hydrogens (primary N) is 1. The second-order valence-corrected chi connectivity index (χ2v) is 8.79. The van der Waals surface area contributed by atoms with E-state index in [0.29, 0.717) is 23.2 Å². The molecule has 1 aliphatic heterocycles. The van der Waals surface area contributed by atoms with Crippen molar-refractivity contribution in [3.05, 3.63) is 46.3 Å². The molecule has 1 atom stereocenters. The van der Waals surface area contributed by atoms with E-state index in [-0.39, 0.29) is 37.8 Å². The van der Waals surface area contributed by atoms with Crippen LogP contribution in [0, 0.1) is 12.8 Å². The fraction of sp³-hybridized carbons (Fsp3) is 0.500. The van der Waals surface area contributed by atoms with E-state index in [2.05, 4.69) is 19.0 Å². The first-order chi connectivity index (χ1) is 14.7. The molecule has 2 N–H and O–H groups in total. The molecule has 1 aromatic heterocycles. The van der Waals surface area contributed by atoms with Crippen LogP contribution >= 0.6 is 11.6 Å². The molecule has 0 aliphatic carbocycles. The molecule has 1 aromatic carbocycles. The monoisotopic (exact) mass is 449 g/mol. The van der Waals surface area contributed by atoms with E-state index in [0.717, 1.165) is 17.7 Å². The first-order valence-corrected chi connectivity index (χ1v) is 10.6. The number of ether oxygens (including phenoxy) is 2. The lowest BCUT2D eigenvalue weighted by atomic mass is 9.97. The van der Waals surface area contributed by atoms with Crippen LogP contribution in [-0.4, -0.2) is 53.8 Å². The number of benzene rings is 1. The number of hydrogen-bond acceptors (Lipinski definition) is 6. The minimum Gasteiger partial charge on any atom is -0.490 e. The summed E-state index contributed by atoms with van der Waals surface area (Å²) in [7, 11) is 0. The summed E-state index contributed by atoms with van der Waals surface area (Å²) in [6.07, 6.45) is 0.637. The second-order valence-electron chi connectivity index (χ2n) is 8.38. The average Bonchev–Trinajstić information content (AvgIpc) is 3.15. The Labute approximate surface area is 186 Å². The maximum absolute atomic E-state index is 13.0. The Balaban J connectivity index is 1.74. The molecule has 1 saturated heterocycles. The Morgan fingerprint density at radius 2 is 2.13 bits per heavy atom. The lowest BCUT2D eigenvalue weighted by Gasteiger charge is -2.41. The predicted molar refractivity (Wildman–Crippen MR) is 115 cm³/mol. The van der Waals surface area contributed by atoms with Crippen molar-refractivity contribution in [2.75, 3.05) is 26.3 Å². The zero-order valence-electron chi connectivity index (χ0n) is 18.0. The number of halogens is 1. The van der Waals surface area contributed by atoms with Gasteiger partial charge in [0.25, 0.3) is 5.91 Å². The van der Waals surface area contributed by atoms with Gasteiger partial charge in [0.2, 0.25) is 11.7 Å². The van der Waals surface area contributed by atoms with E-state index >= 15 is 0 Å². The Bertz CT molecular complexity index is 945. The topological polar surface area (TPSA) is 108 Å². The van der Waals surface area contributed by atoms with Crippen molar-refractivity contribution in [2.24, 2.45) is 11.7 Å². The van der Waals surface area contributed by atoms with Gasteiger partial charge in [-0.1, -0.05) is 30.6 Å². The van der Waals surface area contributed by atoms with E-state index in [4.69, 9.17) is 31.3 Å². The molecule has 1 fully saturated rings. The van der Waals surface area contributed by atoms with Gasteiger partial charge in [0.05, 0.1) is 25.3 Å². The summed E-state index contributed by atoms with van der Waals surface area (Å²) in [5, 5.41) is 4.62. The number of rotatable bonds is 8. The zero-order chi connectivity index (χ0) is 22.6. The summed E-state index contributed by atoms with van der Waals surface area (Å²) in [5.74, 6) is 0.311. The van der Waals surface area contributed by atoms with Crippen LogP contribution in [0.3, 0.4) is 0 Å². The highest BCUT2D eigenvalue weighted by Crippen LogP contribution is 2.27. The minimum absolute atomic E-state index is 0.0514. The van der Waals surface area contributed by atoms with Crippen molar-refractivity contribution in [2.45, 2.75) is 39.2 Å². The van der Waals surface area contributed by atoms with E-state index in [1.807, 2.05) is 6.92 Å². The maximum Gasteiger partial charge on any atom is 0.292 e. The molecule has 168 valence electrons. The second kappa shape index (κ2) is 9.70. The molecule has 2 aromatic rings. The average molecular weight is 450 g/mol. The van der Waals surface area contributed by atoms with Crippen molar-refractivity contribution < 1.29 is 23.6 Å². The van der Waals surface area contributed by atoms with Gasteiger partial charge in [-0.25, -0.2) is 0 Å². The highest BCUT2D eigenvalue weighted by molar-refractivity contribution is 6.31. The normalized spacial score (nSPS) is 18.9. The van der Waals surface area contributed by atoms with Crippen LogP contribution < -0.4 is 10.5 Å². The lowest BCUT2D eigenvalue weighted by molar-refractivity contribution is -0.142. The fourth-order valence-corrected chi connectivity index (χ4v) is 3.70. The largest absolute Gasteiger partial charge is 0.490 e. The molecule has 3 rings (SSSR count). The van der Waals surface area contributed by atoms with Gasteiger partial charge in [0, 0.05) is 17.6 Å². The van der Waals surface area contributed by atoms with Gasteiger partial charge >= 0.3 is 0 Å². The summed E-state index contributed by atoms with van der Waals surface area (Å²) in [6.45, 7) is 6.81. The molecule has 31 heavy (non-hydrogen) atoms. The molecule has 0 unspecified atom stereocenters. The van der Waals surface area contributed by atoms with Crippen LogP contribution in [0.1, 0.15) is 42.1 Å². The lowest BCUT2D eigenvalue weighted by Crippen LogP contribution is -2.57. The van der Waals surface area contributed by atoms with Gasteiger partial charge in [-0.15, -0.1) is 0 Å². The van der Waals surface area contributed by atoms with E-state index in [1.54, 1.807) is 29.2 Å². The number of aryl methyl sites for hydroxylation is 1. The molecular weight excluding hydrogens is 422 g/mol. The molecule has 9 heteroatoms. The number of primary amides is 1. The van der Waals surface area contributed by atoms with Crippen molar-refractivity contribution in [3.8, 4) is 5.75 Å². The molecule has 1 aliphatic rings. The third-order valence-corrected chi connectivity index (χ3v) is 5.47. The number of carbonyl (C=O) groups excluding carboxylic acids is 2. The minimum atomic E-state index is -1.06. The van der Waals surface area contributed by atoms with Crippen molar-refractivity contribution in [1.82, 2.24) is 10.1 Å². The van der Waals surface area contributed by atoms with Gasteiger partial charge < -0.3 is 24.6 Å². The Hall–Kier alpha value is -2.58. The van der Waals surface area contributed by atoms with Crippen LogP contribution in [0.25, 0.3) is 0 Å². The number of hydrogen-bond donors (Lipinski definition) is 1. The van der Waals surface area contributed by atoms with Crippen molar-refractivity contribution >= 4 is 23.4 Å². The smallest absolute Gasteiger partial charge is 0.292 e. The number of amides is 2. The molecular formula is C22H28ClN3O5.